The first kappa shape index (κ1) is 32.5. The van der Waals surface area contributed by atoms with Crippen LogP contribution in [0.1, 0.15) is 58.1 Å². The molecule has 0 saturated heterocycles. The van der Waals surface area contributed by atoms with Crippen LogP contribution in [0.4, 0.5) is 5.82 Å². The molecule has 0 aliphatic heterocycles. The molecule has 39 heavy (non-hydrogen) atoms. The fourth-order valence-corrected chi connectivity index (χ4v) is 4.69. The van der Waals surface area contributed by atoms with Gasteiger partial charge in [-0.1, -0.05) is 39.8 Å². The predicted molar refractivity (Wildman–Crippen MR) is 156 cm³/mol. The van der Waals surface area contributed by atoms with E-state index in [4.69, 9.17) is 19.9 Å². The van der Waals surface area contributed by atoms with E-state index in [2.05, 4.69) is 30.2 Å². The van der Waals surface area contributed by atoms with E-state index in [1.54, 1.807) is 20.4 Å². The van der Waals surface area contributed by atoms with Crippen molar-refractivity contribution < 1.29 is 24.1 Å². The molecule has 1 aromatic carbocycles. The molecule has 0 spiro atoms. The molecule has 0 radical (unpaired) electrons. The van der Waals surface area contributed by atoms with Crippen molar-refractivity contribution in [2.45, 2.75) is 72.4 Å². The van der Waals surface area contributed by atoms with E-state index in [0.29, 0.717) is 49.3 Å². The van der Waals surface area contributed by atoms with Gasteiger partial charge in [0.1, 0.15) is 5.82 Å². The zero-order chi connectivity index (χ0) is 28.9. The van der Waals surface area contributed by atoms with Gasteiger partial charge in [0.25, 0.3) is 0 Å². The van der Waals surface area contributed by atoms with Crippen LogP contribution in [0.5, 0.6) is 11.5 Å². The number of amides is 1. The average molecular weight is 544 g/mol. The summed E-state index contributed by atoms with van der Waals surface area (Å²) in [4.78, 5) is 17.4. The number of hydrogen-bond acceptors (Lipinski definition) is 7. The number of methoxy groups -OCH3 is 2. The number of aryl methyl sites for hydroxylation is 1. The Morgan fingerprint density at radius 2 is 1.79 bits per heavy atom. The number of anilines is 1. The number of ether oxygens (including phenoxy) is 3. The molecule has 0 bridgehead atoms. The summed E-state index contributed by atoms with van der Waals surface area (Å²) in [5, 5.41) is 14.0. The quantitative estimate of drug-likeness (QED) is 0.240. The van der Waals surface area contributed by atoms with Crippen molar-refractivity contribution in [2.75, 3.05) is 32.8 Å². The number of aliphatic hydroxyl groups excluding tert-OH is 1. The molecule has 2 rings (SSSR count). The maximum Gasteiger partial charge on any atom is 0.229 e. The Kier molecular flexibility index (Phi) is 13.7. The third-order valence-corrected chi connectivity index (χ3v) is 7.38. The number of aromatic nitrogens is 1. The Balaban J connectivity index is 2.05. The molecule has 4 unspecified atom stereocenters. The van der Waals surface area contributed by atoms with Crippen LogP contribution in [0.3, 0.4) is 0 Å². The standard InChI is InChI=1S/C31H49N3O5/c1-20(2)24(16-23-11-12-28(38-7)29(17-23)39-15-9-14-37-6)18-26(32)27(35)19-25(21(3)4)31(36)34-30-22(5)10-8-13-33-30/h8,10-13,17,20-21,24-27,35H,9,14-16,18-19,32H2,1-7H3,(H,33,34,36). The first-order valence-corrected chi connectivity index (χ1v) is 14.0. The Morgan fingerprint density at radius 3 is 2.41 bits per heavy atom. The summed E-state index contributed by atoms with van der Waals surface area (Å²) in [7, 11) is 3.31. The van der Waals surface area contributed by atoms with Gasteiger partial charge >= 0.3 is 0 Å². The first-order chi connectivity index (χ1) is 18.6. The van der Waals surface area contributed by atoms with Gasteiger partial charge in [-0.15, -0.1) is 0 Å². The molecular formula is C31H49N3O5. The highest BCUT2D eigenvalue weighted by molar-refractivity contribution is 5.92. The van der Waals surface area contributed by atoms with Crippen molar-refractivity contribution in [1.29, 1.82) is 0 Å². The van der Waals surface area contributed by atoms with Gasteiger partial charge in [-0.25, -0.2) is 4.98 Å². The van der Waals surface area contributed by atoms with E-state index in [1.165, 1.54) is 0 Å². The van der Waals surface area contributed by atoms with E-state index in [9.17, 15) is 9.90 Å². The highest BCUT2D eigenvalue weighted by atomic mass is 16.5. The summed E-state index contributed by atoms with van der Waals surface area (Å²) in [6.45, 7) is 11.4. The number of rotatable bonds is 17. The number of nitrogens with zero attached hydrogens (tertiary/aromatic N) is 1. The summed E-state index contributed by atoms with van der Waals surface area (Å²) in [5.41, 5.74) is 8.58. The van der Waals surface area contributed by atoms with Crippen molar-refractivity contribution >= 4 is 11.7 Å². The molecule has 4 N–H and O–H groups in total. The van der Waals surface area contributed by atoms with E-state index >= 15 is 0 Å². The zero-order valence-electron chi connectivity index (χ0n) is 24.8. The van der Waals surface area contributed by atoms with Crippen molar-refractivity contribution in [2.24, 2.45) is 29.4 Å². The fraction of sp³-hybridized carbons (Fsp3) is 0.613. The van der Waals surface area contributed by atoms with Gasteiger partial charge in [0.15, 0.2) is 11.5 Å². The van der Waals surface area contributed by atoms with Gasteiger partial charge in [0, 0.05) is 38.3 Å². The lowest BCUT2D eigenvalue weighted by molar-refractivity contribution is -0.122. The molecule has 4 atom stereocenters. The highest BCUT2D eigenvalue weighted by Crippen LogP contribution is 2.32. The van der Waals surface area contributed by atoms with E-state index in [0.717, 1.165) is 24.0 Å². The SMILES string of the molecule is COCCCOc1cc(CC(CC(N)C(O)CC(C(=O)Nc2ncccc2C)C(C)C)C(C)C)ccc1OC. The minimum atomic E-state index is -0.801. The Labute approximate surface area is 234 Å². The van der Waals surface area contributed by atoms with Crippen molar-refractivity contribution in [3.8, 4) is 11.5 Å². The van der Waals surface area contributed by atoms with Crippen LogP contribution in [0.15, 0.2) is 36.5 Å². The monoisotopic (exact) mass is 543 g/mol. The summed E-state index contributed by atoms with van der Waals surface area (Å²) in [5.74, 6) is 2.07. The minimum absolute atomic E-state index is 0.0402. The van der Waals surface area contributed by atoms with Gasteiger partial charge in [0.05, 0.1) is 19.8 Å². The molecule has 1 heterocycles. The van der Waals surface area contributed by atoms with Crippen LogP contribution in [0.2, 0.25) is 0 Å². The molecule has 1 amide bonds. The number of pyridine rings is 1. The molecule has 8 heteroatoms. The van der Waals surface area contributed by atoms with E-state index in [1.807, 2.05) is 45.0 Å². The largest absolute Gasteiger partial charge is 0.493 e. The van der Waals surface area contributed by atoms with Gasteiger partial charge in [-0.3, -0.25) is 4.79 Å². The van der Waals surface area contributed by atoms with Crippen molar-refractivity contribution in [1.82, 2.24) is 4.98 Å². The second-order valence-corrected chi connectivity index (χ2v) is 11.1. The maximum atomic E-state index is 13.1. The average Bonchev–Trinajstić information content (AvgIpc) is 2.90. The van der Waals surface area contributed by atoms with Gasteiger partial charge < -0.3 is 30.4 Å². The molecule has 0 saturated carbocycles. The number of nitrogens with one attached hydrogen (secondary N) is 1. The number of hydrogen-bond donors (Lipinski definition) is 3. The third kappa shape index (κ3) is 10.4. The number of carbonyl (C=O) groups is 1. The van der Waals surface area contributed by atoms with Crippen molar-refractivity contribution in [3.63, 3.8) is 0 Å². The molecule has 0 fully saturated rings. The minimum Gasteiger partial charge on any atom is -0.493 e. The third-order valence-electron chi connectivity index (χ3n) is 7.38. The molecule has 2 aromatic rings. The maximum absolute atomic E-state index is 13.1. The zero-order valence-corrected chi connectivity index (χ0v) is 24.8. The normalized spacial score (nSPS) is 14.6. The molecular weight excluding hydrogens is 494 g/mol. The van der Waals surface area contributed by atoms with Crippen molar-refractivity contribution in [3.05, 3.63) is 47.7 Å². The summed E-state index contributed by atoms with van der Waals surface area (Å²) in [6, 6.07) is 9.30. The van der Waals surface area contributed by atoms with Crippen LogP contribution in [0.25, 0.3) is 0 Å². The highest BCUT2D eigenvalue weighted by Gasteiger charge is 2.30. The fourth-order valence-electron chi connectivity index (χ4n) is 4.69. The molecule has 8 nitrogen and oxygen atoms in total. The van der Waals surface area contributed by atoms with Crippen LogP contribution in [-0.2, 0) is 16.0 Å². The lowest BCUT2D eigenvalue weighted by Gasteiger charge is -2.30. The Morgan fingerprint density at radius 1 is 1.05 bits per heavy atom. The lowest BCUT2D eigenvalue weighted by atomic mass is 9.81. The summed E-state index contributed by atoms with van der Waals surface area (Å²) < 4.78 is 16.5. The van der Waals surface area contributed by atoms with Crippen LogP contribution < -0.4 is 20.5 Å². The smallest absolute Gasteiger partial charge is 0.229 e. The molecule has 0 aliphatic carbocycles. The number of benzene rings is 1. The second-order valence-electron chi connectivity index (χ2n) is 11.1. The van der Waals surface area contributed by atoms with Crippen LogP contribution >= 0.6 is 0 Å². The number of aliphatic hydroxyl groups is 1. The van der Waals surface area contributed by atoms with Gasteiger partial charge in [-0.2, -0.15) is 0 Å². The Hall–Kier alpha value is -2.68. The van der Waals surface area contributed by atoms with Gasteiger partial charge in [0.2, 0.25) is 5.91 Å². The number of nitrogens with two attached hydrogens (primary N) is 1. The molecule has 1 aromatic heterocycles. The van der Waals surface area contributed by atoms with Crippen LogP contribution in [-0.4, -0.2) is 55.6 Å². The van der Waals surface area contributed by atoms with E-state index in [-0.39, 0.29) is 23.7 Å². The van der Waals surface area contributed by atoms with E-state index < -0.39 is 12.1 Å². The van der Waals surface area contributed by atoms with Crippen LogP contribution in [0, 0.1) is 30.6 Å². The Bertz CT molecular complexity index is 1010. The topological polar surface area (TPSA) is 116 Å². The lowest BCUT2D eigenvalue weighted by Crippen LogP contribution is -2.41. The molecule has 0 aliphatic rings. The summed E-state index contributed by atoms with van der Waals surface area (Å²) >= 11 is 0. The first-order valence-electron chi connectivity index (χ1n) is 14.0. The summed E-state index contributed by atoms with van der Waals surface area (Å²) in [6.07, 6.45) is 3.38. The second kappa shape index (κ2) is 16.4. The van der Waals surface area contributed by atoms with Gasteiger partial charge in [-0.05, 0) is 73.3 Å². The molecule has 218 valence electrons. The predicted octanol–water partition coefficient (Wildman–Crippen LogP) is 5.01. The number of carbonyl (C=O) groups excluding carboxylic acids is 1.